The minimum atomic E-state index is -0.885. The Morgan fingerprint density at radius 2 is 1.71 bits per heavy atom. The molecule has 1 saturated heterocycles. The Hall–Kier alpha value is -1.63. The fraction of sp³-hybridized carbons (Fsp3) is 0.786. The average Bonchev–Trinajstić information content (AvgIpc) is 2.86. The van der Waals surface area contributed by atoms with Crippen molar-refractivity contribution in [2.45, 2.75) is 38.5 Å². The minimum Gasteiger partial charge on any atom is -0.481 e. The highest BCUT2D eigenvalue weighted by molar-refractivity contribution is 5.94. The normalized spacial score (nSPS) is 21.0. The van der Waals surface area contributed by atoms with Crippen LogP contribution in [0.2, 0.25) is 0 Å². The molecule has 2 rings (SSSR count). The highest BCUT2D eigenvalue weighted by atomic mass is 16.5. The Morgan fingerprint density at radius 1 is 1.10 bits per heavy atom. The van der Waals surface area contributed by atoms with E-state index >= 15 is 0 Å². The molecule has 0 atom stereocenters. The van der Waals surface area contributed by atoms with Crippen LogP contribution < -0.4 is 5.32 Å². The van der Waals surface area contributed by atoms with Crippen molar-refractivity contribution < 1.29 is 24.2 Å². The van der Waals surface area contributed by atoms with Gasteiger partial charge in [-0.3, -0.25) is 14.9 Å². The lowest BCUT2D eigenvalue weighted by Gasteiger charge is -2.29. The van der Waals surface area contributed by atoms with Crippen LogP contribution in [0.4, 0.5) is 4.79 Å². The molecule has 1 aliphatic heterocycles. The second-order valence-electron chi connectivity index (χ2n) is 5.91. The summed E-state index contributed by atoms with van der Waals surface area (Å²) >= 11 is 0. The first-order valence-corrected chi connectivity index (χ1v) is 7.39. The fourth-order valence-corrected chi connectivity index (χ4v) is 3.21. The molecular formula is C14H22N2O5. The predicted molar refractivity (Wildman–Crippen MR) is 73.7 cm³/mol. The summed E-state index contributed by atoms with van der Waals surface area (Å²) in [5.41, 5.74) is -0.485. The third kappa shape index (κ3) is 4.42. The van der Waals surface area contributed by atoms with Gasteiger partial charge < -0.3 is 14.7 Å². The van der Waals surface area contributed by atoms with E-state index in [2.05, 4.69) is 5.32 Å². The molecule has 0 aromatic rings. The standard InChI is InChI=1S/C14H22N2O5/c17-11(15-13(20)16-5-7-21-8-6-16)9-14(10-12(18)19)3-1-2-4-14/h1-10H2,(H,18,19)(H,15,17,20). The Kier molecular flexibility index (Phi) is 5.17. The molecule has 0 bridgehead atoms. The number of ether oxygens (including phenoxy) is 1. The molecule has 7 nitrogen and oxygen atoms in total. The number of hydrogen-bond donors (Lipinski definition) is 2. The van der Waals surface area contributed by atoms with E-state index in [1.165, 1.54) is 0 Å². The van der Waals surface area contributed by atoms with Gasteiger partial charge in [0.25, 0.3) is 0 Å². The summed E-state index contributed by atoms with van der Waals surface area (Å²) in [4.78, 5) is 36.5. The molecule has 2 N–H and O–H groups in total. The van der Waals surface area contributed by atoms with Gasteiger partial charge in [-0.15, -0.1) is 0 Å². The summed E-state index contributed by atoms with van der Waals surface area (Å²) in [7, 11) is 0. The van der Waals surface area contributed by atoms with Gasteiger partial charge in [0.15, 0.2) is 0 Å². The van der Waals surface area contributed by atoms with Crippen molar-refractivity contribution in [1.82, 2.24) is 10.2 Å². The van der Waals surface area contributed by atoms with Crippen LogP contribution in [0.3, 0.4) is 0 Å². The van der Waals surface area contributed by atoms with Gasteiger partial charge >= 0.3 is 12.0 Å². The summed E-state index contributed by atoms with van der Waals surface area (Å²) in [5, 5.41) is 11.4. The number of rotatable bonds is 4. The lowest BCUT2D eigenvalue weighted by Crippen LogP contribution is -2.48. The number of imide groups is 1. The van der Waals surface area contributed by atoms with E-state index in [1.54, 1.807) is 4.90 Å². The average molecular weight is 298 g/mol. The van der Waals surface area contributed by atoms with Crippen molar-refractivity contribution in [3.05, 3.63) is 0 Å². The van der Waals surface area contributed by atoms with Crippen LogP contribution in [-0.4, -0.2) is 54.2 Å². The monoisotopic (exact) mass is 298 g/mol. The van der Waals surface area contributed by atoms with Gasteiger partial charge in [-0.05, 0) is 18.3 Å². The third-order valence-corrected chi connectivity index (χ3v) is 4.27. The quantitative estimate of drug-likeness (QED) is 0.806. The van der Waals surface area contributed by atoms with Gasteiger partial charge in [-0.1, -0.05) is 12.8 Å². The van der Waals surface area contributed by atoms with Crippen molar-refractivity contribution in [2.24, 2.45) is 5.41 Å². The van der Waals surface area contributed by atoms with Crippen molar-refractivity contribution >= 4 is 17.9 Å². The Morgan fingerprint density at radius 3 is 2.29 bits per heavy atom. The van der Waals surface area contributed by atoms with E-state index in [4.69, 9.17) is 9.84 Å². The molecule has 21 heavy (non-hydrogen) atoms. The highest BCUT2D eigenvalue weighted by Crippen LogP contribution is 2.43. The summed E-state index contributed by atoms with van der Waals surface area (Å²) < 4.78 is 5.15. The number of carbonyl (C=O) groups is 3. The number of carboxylic acid groups (broad SMARTS) is 1. The largest absolute Gasteiger partial charge is 0.481 e. The van der Waals surface area contributed by atoms with Crippen LogP contribution in [0.15, 0.2) is 0 Å². The van der Waals surface area contributed by atoms with Gasteiger partial charge in [0.05, 0.1) is 19.6 Å². The van der Waals surface area contributed by atoms with E-state index in [1.807, 2.05) is 0 Å². The first-order chi connectivity index (χ1) is 10.0. The third-order valence-electron chi connectivity index (χ3n) is 4.27. The summed E-state index contributed by atoms with van der Waals surface area (Å²) in [6.45, 7) is 1.90. The topological polar surface area (TPSA) is 95.9 Å². The van der Waals surface area contributed by atoms with Crippen LogP contribution in [-0.2, 0) is 14.3 Å². The van der Waals surface area contributed by atoms with E-state index < -0.39 is 17.4 Å². The van der Waals surface area contributed by atoms with Gasteiger partial charge in [-0.25, -0.2) is 4.79 Å². The van der Waals surface area contributed by atoms with Gasteiger partial charge in [-0.2, -0.15) is 0 Å². The summed E-state index contributed by atoms with van der Waals surface area (Å²) in [6, 6.07) is -0.410. The number of amides is 3. The maximum absolute atomic E-state index is 12.1. The van der Waals surface area contributed by atoms with Crippen molar-refractivity contribution in [3.63, 3.8) is 0 Å². The number of nitrogens with zero attached hydrogens (tertiary/aromatic N) is 1. The maximum atomic E-state index is 12.1. The zero-order chi connectivity index (χ0) is 15.3. The molecule has 2 fully saturated rings. The van der Waals surface area contributed by atoms with Crippen LogP contribution in [0.5, 0.6) is 0 Å². The van der Waals surface area contributed by atoms with Crippen molar-refractivity contribution in [2.75, 3.05) is 26.3 Å². The summed E-state index contributed by atoms with van der Waals surface area (Å²) in [6.07, 6.45) is 3.45. The second kappa shape index (κ2) is 6.89. The number of urea groups is 1. The molecule has 1 saturated carbocycles. The second-order valence-corrected chi connectivity index (χ2v) is 5.91. The van der Waals surface area contributed by atoms with E-state index in [9.17, 15) is 14.4 Å². The number of hydrogen-bond acceptors (Lipinski definition) is 4. The first kappa shape index (κ1) is 15.8. The zero-order valence-electron chi connectivity index (χ0n) is 12.1. The molecule has 7 heteroatoms. The van der Waals surface area contributed by atoms with Gasteiger partial charge in [0.2, 0.25) is 5.91 Å². The summed E-state index contributed by atoms with van der Waals surface area (Å²) in [5.74, 6) is -1.26. The predicted octanol–water partition coefficient (Wildman–Crippen LogP) is 0.980. The van der Waals surface area contributed by atoms with Gasteiger partial charge in [0, 0.05) is 19.5 Å². The SMILES string of the molecule is O=C(O)CC1(CC(=O)NC(=O)N2CCOCC2)CCCC1. The zero-order valence-corrected chi connectivity index (χ0v) is 12.1. The van der Waals surface area contributed by atoms with Crippen LogP contribution in [0.1, 0.15) is 38.5 Å². The molecule has 1 aliphatic carbocycles. The van der Waals surface area contributed by atoms with E-state index in [0.29, 0.717) is 26.3 Å². The molecule has 0 radical (unpaired) electrons. The molecule has 2 aliphatic rings. The van der Waals surface area contributed by atoms with Crippen molar-refractivity contribution in [3.8, 4) is 0 Å². The molecule has 118 valence electrons. The number of carbonyl (C=O) groups excluding carboxylic acids is 2. The lowest BCUT2D eigenvalue weighted by atomic mass is 9.79. The van der Waals surface area contributed by atoms with Crippen LogP contribution in [0.25, 0.3) is 0 Å². The van der Waals surface area contributed by atoms with E-state index in [0.717, 1.165) is 25.7 Å². The Bertz CT molecular complexity index is 412. The molecule has 0 spiro atoms. The Labute approximate surface area is 123 Å². The molecule has 0 unspecified atom stereocenters. The molecular weight excluding hydrogens is 276 g/mol. The highest BCUT2D eigenvalue weighted by Gasteiger charge is 2.38. The fourth-order valence-electron chi connectivity index (χ4n) is 3.21. The first-order valence-electron chi connectivity index (χ1n) is 7.39. The van der Waals surface area contributed by atoms with Gasteiger partial charge in [0.1, 0.15) is 0 Å². The lowest BCUT2D eigenvalue weighted by molar-refractivity contribution is -0.140. The van der Waals surface area contributed by atoms with Crippen LogP contribution >= 0.6 is 0 Å². The molecule has 0 aromatic heterocycles. The minimum absolute atomic E-state index is 0.00777. The molecule has 1 heterocycles. The van der Waals surface area contributed by atoms with Crippen LogP contribution in [0, 0.1) is 5.41 Å². The molecule has 0 aromatic carbocycles. The number of nitrogens with one attached hydrogen (secondary N) is 1. The van der Waals surface area contributed by atoms with Crippen molar-refractivity contribution in [1.29, 1.82) is 0 Å². The number of carboxylic acids is 1. The number of morpholine rings is 1. The van der Waals surface area contributed by atoms with E-state index in [-0.39, 0.29) is 18.7 Å². The maximum Gasteiger partial charge on any atom is 0.324 e. The Balaban J connectivity index is 1.87. The number of aliphatic carboxylic acids is 1. The smallest absolute Gasteiger partial charge is 0.324 e. The molecule has 3 amide bonds.